The zero-order valence-electron chi connectivity index (χ0n) is 59.2. The molecule has 0 aromatic heterocycles. The summed E-state index contributed by atoms with van der Waals surface area (Å²) in [6, 6.07) is -0.804. The molecule has 0 aliphatic rings. The first kappa shape index (κ1) is 85.9. The van der Waals surface area contributed by atoms with Crippen molar-refractivity contribution in [3.63, 3.8) is 0 Å². The van der Waals surface area contributed by atoms with Gasteiger partial charge in [-0.1, -0.05) is 376 Å². The number of hydrogen-bond acceptors (Lipinski definition) is 6. The lowest BCUT2D eigenvalue weighted by molar-refractivity contribution is -0.870. The van der Waals surface area contributed by atoms with Gasteiger partial charge in [-0.2, -0.15) is 0 Å². The quantitative estimate of drug-likeness (QED) is 0.0272. The van der Waals surface area contributed by atoms with Crippen LogP contribution in [0.2, 0.25) is 0 Å². The van der Waals surface area contributed by atoms with Crippen LogP contribution < -0.4 is 10.2 Å². The number of aliphatic hydroxyl groups is 1. The Balaban J connectivity index is 3.97. The third-order valence-electron chi connectivity index (χ3n) is 17.5. The van der Waals surface area contributed by atoms with E-state index in [9.17, 15) is 19.4 Å². The van der Waals surface area contributed by atoms with E-state index in [1.807, 2.05) is 21.1 Å². The number of amides is 1. The van der Waals surface area contributed by atoms with Gasteiger partial charge < -0.3 is 28.8 Å². The van der Waals surface area contributed by atoms with Gasteiger partial charge in [-0.3, -0.25) is 9.36 Å². The van der Waals surface area contributed by atoms with Gasteiger partial charge in [0.05, 0.1) is 39.9 Å². The van der Waals surface area contributed by atoms with Crippen LogP contribution in [0, 0.1) is 0 Å². The molecule has 3 unspecified atom stereocenters. The number of phosphoric acid groups is 1. The minimum atomic E-state index is -4.58. The summed E-state index contributed by atoms with van der Waals surface area (Å²) in [5, 5.41) is 14.1. The van der Waals surface area contributed by atoms with Crippen LogP contribution in [0.25, 0.3) is 0 Å². The Morgan fingerprint density at radius 3 is 1.01 bits per heavy atom. The summed E-state index contributed by atoms with van der Waals surface area (Å²) in [6.07, 6.45) is 97.2. The van der Waals surface area contributed by atoms with Crippen LogP contribution in [0.4, 0.5) is 0 Å². The molecule has 0 aliphatic heterocycles. The van der Waals surface area contributed by atoms with Crippen LogP contribution in [0.1, 0.15) is 373 Å². The molecule has 2 N–H and O–H groups in total. The minimum absolute atomic E-state index is 0.0125. The fourth-order valence-electron chi connectivity index (χ4n) is 11.6. The number of allylic oxidation sites excluding steroid dienone is 12. The van der Waals surface area contributed by atoms with Gasteiger partial charge in [-0.15, -0.1) is 0 Å². The highest BCUT2D eigenvalue weighted by atomic mass is 31.2. The first-order chi connectivity index (χ1) is 43.0. The monoisotopic (exact) mass is 1250 g/mol. The Morgan fingerprint density at radius 2 is 0.693 bits per heavy atom. The zero-order chi connectivity index (χ0) is 64.1. The number of carbonyl (C=O) groups is 1. The van der Waals surface area contributed by atoms with Crippen LogP contribution in [0.5, 0.6) is 0 Å². The maximum absolute atomic E-state index is 13.1. The summed E-state index contributed by atoms with van der Waals surface area (Å²) in [4.78, 5) is 25.7. The minimum Gasteiger partial charge on any atom is -0.756 e. The van der Waals surface area contributed by atoms with E-state index in [0.717, 1.165) is 77.0 Å². The number of nitrogens with one attached hydrogen (secondary N) is 1. The van der Waals surface area contributed by atoms with Crippen molar-refractivity contribution in [3.8, 4) is 0 Å². The van der Waals surface area contributed by atoms with E-state index >= 15 is 0 Å². The average Bonchev–Trinajstić information content (AvgIpc) is 3.70. The Bertz CT molecular complexity index is 1670. The second-order valence-corrected chi connectivity index (χ2v) is 28.7. The van der Waals surface area contributed by atoms with Crippen LogP contribution in [0.3, 0.4) is 0 Å². The Kier molecular flexibility index (Phi) is 67.7. The SMILES string of the molecule is CC/C=C\C/C=C\C/C=C\C/C=C\C/C=C\C/C=C\CCCCCCCCCCCCCCCCCCCCC(=O)NC(COP(=O)([O-])OCC[N+](C)(C)C)C(O)CCCCCCCCCCCCCCCCCCCCCCCCCCCCCCC. The van der Waals surface area contributed by atoms with Crippen LogP contribution in [-0.4, -0.2) is 68.5 Å². The molecule has 0 rings (SSSR count). The molecule has 88 heavy (non-hydrogen) atoms. The summed E-state index contributed by atoms with van der Waals surface area (Å²) < 4.78 is 23.6. The second-order valence-electron chi connectivity index (χ2n) is 27.3. The van der Waals surface area contributed by atoms with Crippen molar-refractivity contribution in [2.45, 2.75) is 386 Å². The van der Waals surface area contributed by atoms with Gasteiger partial charge >= 0.3 is 0 Å². The topological polar surface area (TPSA) is 108 Å². The first-order valence-electron chi connectivity index (χ1n) is 38.3. The van der Waals surface area contributed by atoms with Crippen molar-refractivity contribution in [3.05, 3.63) is 72.9 Å². The lowest BCUT2D eigenvalue weighted by Crippen LogP contribution is -2.46. The molecule has 1 amide bonds. The van der Waals surface area contributed by atoms with Crippen LogP contribution in [0.15, 0.2) is 72.9 Å². The molecule has 3 atom stereocenters. The second kappa shape index (κ2) is 69.3. The standard InChI is InChI=1S/C79H149N2O6P/c1-6-8-10-12-14-16-18-20-22-24-26-28-30-32-34-36-37-38-39-40-41-42-43-45-47-49-51-53-55-57-59-61-63-65-67-69-71-73-79(83)80-77(76-87-88(84,85)86-75-74-81(3,4)5)78(82)72-70-68-66-64-62-60-58-56-54-52-50-48-46-44-35-33-31-29-27-25-23-21-19-17-15-13-11-9-7-2/h8,10,14,16,20,22,26,28,32,34,37-38,77-78,82H,6-7,9,11-13,15,17-19,21,23-25,27,29-31,33,35-36,39-76H2,1-5H3,(H-,80,83,84,85)/b10-8-,16-14-,22-20-,28-26-,34-32-,38-37-. The molecule has 0 saturated carbocycles. The third-order valence-corrected chi connectivity index (χ3v) is 18.4. The number of rotatable bonds is 71. The van der Waals surface area contributed by atoms with E-state index in [-0.39, 0.29) is 19.1 Å². The highest BCUT2D eigenvalue weighted by Gasteiger charge is 2.24. The lowest BCUT2D eigenvalue weighted by Gasteiger charge is -2.30. The van der Waals surface area contributed by atoms with Crippen molar-refractivity contribution >= 4 is 13.7 Å². The normalized spacial score (nSPS) is 13.9. The third kappa shape index (κ3) is 71.4. The van der Waals surface area contributed by atoms with Gasteiger partial charge in [-0.25, -0.2) is 0 Å². The number of likely N-dealkylation sites (N-methyl/N-ethyl adjacent to an activating group) is 1. The molecular weight excluding hydrogens is 1100 g/mol. The van der Waals surface area contributed by atoms with E-state index in [1.165, 1.54) is 270 Å². The molecule has 0 fully saturated rings. The Labute approximate surface area is 548 Å². The molecule has 0 saturated heterocycles. The number of phosphoric ester groups is 1. The number of nitrogens with zero attached hydrogens (tertiary/aromatic N) is 1. The predicted octanol–water partition coefficient (Wildman–Crippen LogP) is 24.3. The number of carbonyl (C=O) groups excluding carboxylic acids is 1. The van der Waals surface area contributed by atoms with E-state index in [0.29, 0.717) is 23.9 Å². The number of hydrogen-bond donors (Lipinski definition) is 2. The lowest BCUT2D eigenvalue weighted by atomic mass is 10.0. The molecule has 0 bridgehead atoms. The van der Waals surface area contributed by atoms with Gasteiger partial charge in [0.1, 0.15) is 13.2 Å². The van der Waals surface area contributed by atoms with E-state index in [2.05, 4.69) is 92.1 Å². The van der Waals surface area contributed by atoms with Gasteiger partial charge in [0.2, 0.25) is 5.91 Å². The van der Waals surface area contributed by atoms with Gasteiger partial charge in [0.15, 0.2) is 0 Å². The van der Waals surface area contributed by atoms with Crippen molar-refractivity contribution < 1.29 is 32.9 Å². The maximum atomic E-state index is 13.1. The fraction of sp³-hybridized carbons (Fsp3) is 0.835. The average molecular weight is 1250 g/mol. The highest BCUT2D eigenvalue weighted by Crippen LogP contribution is 2.38. The predicted molar refractivity (Wildman–Crippen MR) is 385 cm³/mol. The van der Waals surface area contributed by atoms with Crippen molar-refractivity contribution in [1.29, 1.82) is 0 Å². The van der Waals surface area contributed by atoms with Gasteiger partial charge in [0.25, 0.3) is 7.82 Å². The van der Waals surface area contributed by atoms with E-state index < -0.39 is 20.0 Å². The highest BCUT2D eigenvalue weighted by molar-refractivity contribution is 7.45. The molecule has 0 spiro atoms. The largest absolute Gasteiger partial charge is 0.756 e. The Morgan fingerprint density at radius 1 is 0.409 bits per heavy atom. The van der Waals surface area contributed by atoms with Crippen molar-refractivity contribution in [2.75, 3.05) is 40.9 Å². The Hall–Kier alpha value is -2.06. The number of quaternary nitrogens is 1. The molecule has 0 aromatic rings. The van der Waals surface area contributed by atoms with Crippen molar-refractivity contribution in [2.24, 2.45) is 0 Å². The molecule has 0 aromatic carbocycles. The van der Waals surface area contributed by atoms with Gasteiger partial charge in [-0.05, 0) is 64.2 Å². The van der Waals surface area contributed by atoms with E-state index in [4.69, 9.17) is 9.05 Å². The van der Waals surface area contributed by atoms with Crippen LogP contribution >= 0.6 is 7.82 Å². The molecule has 9 heteroatoms. The smallest absolute Gasteiger partial charge is 0.268 e. The summed E-state index contributed by atoms with van der Waals surface area (Å²) in [5.41, 5.74) is 0. The summed E-state index contributed by atoms with van der Waals surface area (Å²) in [7, 11) is 1.32. The molecular formula is C79H149N2O6P. The molecule has 8 nitrogen and oxygen atoms in total. The molecule has 0 heterocycles. The van der Waals surface area contributed by atoms with Gasteiger partial charge in [0, 0.05) is 6.42 Å². The fourth-order valence-corrected chi connectivity index (χ4v) is 12.3. The zero-order valence-corrected chi connectivity index (χ0v) is 60.1. The molecule has 0 aliphatic carbocycles. The van der Waals surface area contributed by atoms with Crippen molar-refractivity contribution in [1.82, 2.24) is 5.32 Å². The maximum Gasteiger partial charge on any atom is 0.268 e. The van der Waals surface area contributed by atoms with Crippen LogP contribution in [-0.2, 0) is 18.4 Å². The summed E-state index contributed by atoms with van der Waals surface area (Å²) in [5.74, 6) is -0.159. The van der Waals surface area contributed by atoms with E-state index in [1.54, 1.807) is 0 Å². The first-order valence-corrected chi connectivity index (χ1v) is 39.7. The molecule has 516 valence electrons. The molecule has 0 radical (unpaired) electrons. The number of aliphatic hydroxyl groups excluding tert-OH is 1. The summed E-state index contributed by atoms with van der Waals surface area (Å²) >= 11 is 0. The number of unbranched alkanes of at least 4 members (excludes halogenated alkanes) is 46. The summed E-state index contributed by atoms with van der Waals surface area (Å²) in [6.45, 7) is 4.66.